The normalized spacial score (nSPS) is 10.5. The van der Waals surface area contributed by atoms with E-state index in [2.05, 4.69) is 4.98 Å². The van der Waals surface area contributed by atoms with Crippen molar-refractivity contribution in [1.82, 2.24) is 4.98 Å². The Bertz CT molecular complexity index is 855. The largest absolute Gasteiger partial charge is 0.496 e. The molecule has 0 atom stereocenters. The highest BCUT2D eigenvalue weighted by Crippen LogP contribution is 2.36. The number of esters is 1. The molecule has 0 saturated carbocycles. The third-order valence-electron chi connectivity index (χ3n) is 3.22. The first kappa shape index (κ1) is 19.8. The summed E-state index contributed by atoms with van der Waals surface area (Å²) < 4.78 is 10.4. The molecule has 0 saturated heterocycles. The second kappa shape index (κ2) is 8.23. The molecule has 0 amide bonds. The van der Waals surface area contributed by atoms with E-state index in [0.29, 0.717) is 16.9 Å². The van der Waals surface area contributed by atoms with Gasteiger partial charge in [-0.05, 0) is 25.1 Å². The number of Topliss-reactive ketones (excluding diaryl/α,β-unsaturated/α-hetero) is 1. The average Bonchev–Trinajstić information content (AvgIpc) is 2.60. The lowest BCUT2D eigenvalue weighted by Crippen LogP contribution is -2.10. The summed E-state index contributed by atoms with van der Waals surface area (Å²) in [6.45, 7) is 1.26. The van der Waals surface area contributed by atoms with Gasteiger partial charge in [0.2, 0.25) is 0 Å². The van der Waals surface area contributed by atoms with E-state index in [1.54, 1.807) is 18.2 Å². The minimum Gasteiger partial charge on any atom is -0.496 e. The van der Waals surface area contributed by atoms with Gasteiger partial charge in [0.1, 0.15) is 17.5 Å². The van der Waals surface area contributed by atoms with Crippen LogP contribution in [-0.4, -0.2) is 23.8 Å². The predicted molar refractivity (Wildman–Crippen MR) is 96.4 cm³/mol. The van der Waals surface area contributed by atoms with Gasteiger partial charge in [0.25, 0.3) is 0 Å². The van der Waals surface area contributed by atoms with Crippen LogP contribution in [0.1, 0.15) is 33.3 Å². The van der Waals surface area contributed by atoms with E-state index in [9.17, 15) is 9.59 Å². The number of pyridine rings is 1. The van der Waals surface area contributed by atoms with Crippen molar-refractivity contribution >= 4 is 58.2 Å². The molecule has 0 unspecified atom stereocenters. The highest BCUT2D eigenvalue weighted by molar-refractivity contribution is 6.52. The zero-order chi connectivity index (χ0) is 18.7. The molecule has 9 heteroatoms. The van der Waals surface area contributed by atoms with Crippen LogP contribution in [0.3, 0.4) is 0 Å². The summed E-state index contributed by atoms with van der Waals surface area (Å²) in [6, 6.07) is 4.80. The van der Waals surface area contributed by atoms with Crippen LogP contribution in [0.15, 0.2) is 18.2 Å². The molecule has 1 aromatic heterocycles. The molecule has 0 spiro atoms. The van der Waals surface area contributed by atoms with Crippen molar-refractivity contribution < 1.29 is 19.1 Å². The molecule has 0 aliphatic carbocycles. The number of hydrogen-bond acceptors (Lipinski definition) is 5. The number of ether oxygens (including phenoxy) is 2. The zero-order valence-electron chi connectivity index (χ0n) is 13.0. The van der Waals surface area contributed by atoms with Crippen molar-refractivity contribution in [1.29, 1.82) is 0 Å². The number of carbonyl (C=O) groups excluding carboxylic acids is 2. The van der Waals surface area contributed by atoms with Gasteiger partial charge in [-0.25, -0.2) is 9.78 Å². The summed E-state index contributed by atoms with van der Waals surface area (Å²) in [7, 11) is 1.46. The van der Waals surface area contributed by atoms with Crippen molar-refractivity contribution in [3.63, 3.8) is 0 Å². The Labute approximate surface area is 163 Å². The molecular formula is C16H11Cl4NO4. The molecule has 1 aromatic carbocycles. The van der Waals surface area contributed by atoms with Gasteiger partial charge in [0.15, 0.2) is 11.5 Å². The minimum atomic E-state index is -0.847. The highest BCUT2D eigenvalue weighted by atomic mass is 35.5. The second-order valence-corrected chi connectivity index (χ2v) is 6.34. The SMILES string of the molecule is COc1ccc(C(C)=O)cc1COC(=O)c1nc(Cl)c(Cl)c(Cl)c1Cl. The molecular weight excluding hydrogens is 412 g/mol. The van der Waals surface area contributed by atoms with Crippen LogP contribution in [-0.2, 0) is 11.3 Å². The molecule has 0 fully saturated rings. The monoisotopic (exact) mass is 421 g/mol. The number of aromatic nitrogens is 1. The molecule has 0 radical (unpaired) electrons. The van der Waals surface area contributed by atoms with Crippen LogP contribution in [0.2, 0.25) is 20.2 Å². The van der Waals surface area contributed by atoms with Crippen LogP contribution in [0.5, 0.6) is 5.75 Å². The fourth-order valence-corrected chi connectivity index (χ4v) is 2.75. The van der Waals surface area contributed by atoms with Crippen LogP contribution in [0.25, 0.3) is 0 Å². The molecule has 0 aliphatic rings. The van der Waals surface area contributed by atoms with Gasteiger partial charge in [0.05, 0.1) is 22.2 Å². The topological polar surface area (TPSA) is 65.5 Å². The van der Waals surface area contributed by atoms with Gasteiger partial charge in [0, 0.05) is 11.1 Å². The van der Waals surface area contributed by atoms with E-state index < -0.39 is 5.97 Å². The lowest BCUT2D eigenvalue weighted by Gasteiger charge is -2.11. The van der Waals surface area contributed by atoms with Crippen LogP contribution >= 0.6 is 46.4 Å². The summed E-state index contributed by atoms with van der Waals surface area (Å²) in [4.78, 5) is 27.5. The quantitative estimate of drug-likeness (QED) is 0.373. The van der Waals surface area contributed by atoms with Crippen LogP contribution < -0.4 is 4.74 Å². The Morgan fingerprint density at radius 3 is 2.36 bits per heavy atom. The molecule has 132 valence electrons. The Morgan fingerprint density at radius 1 is 1.08 bits per heavy atom. The number of carbonyl (C=O) groups is 2. The van der Waals surface area contributed by atoms with Gasteiger partial charge in [-0.15, -0.1) is 0 Å². The number of nitrogens with zero attached hydrogens (tertiary/aromatic N) is 1. The second-order valence-electron chi connectivity index (χ2n) is 4.85. The summed E-state index contributed by atoms with van der Waals surface area (Å²) >= 11 is 23.5. The maximum atomic E-state index is 12.2. The minimum absolute atomic E-state index is 0.0549. The number of methoxy groups -OCH3 is 1. The fraction of sp³-hybridized carbons (Fsp3) is 0.188. The van der Waals surface area contributed by atoms with Gasteiger partial charge >= 0.3 is 5.97 Å². The number of rotatable bonds is 5. The Balaban J connectivity index is 2.26. The summed E-state index contributed by atoms with van der Waals surface area (Å²) in [6.07, 6.45) is 0. The lowest BCUT2D eigenvalue weighted by molar-refractivity contribution is 0.0463. The molecule has 5 nitrogen and oxygen atoms in total. The molecule has 2 aromatic rings. The first-order chi connectivity index (χ1) is 11.8. The van der Waals surface area contributed by atoms with Gasteiger partial charge in [-0.2, -0.15) is 0 Å². The van der Waals surface area contributed by atoms with E-state index in [0.717, 1.165) is 0 Å². The maximum Gasteiger partial charge on any atom is 0.358 e. The van der Waals surface area contributed by atoms with E-state index in [1.165, 1.54) is 14.0 Å². The molecule has 2 rings (SSSR count). The van der Waals surface area contributed by atoms with Crippen molar-refractivity contribution in [2.75, 3.05) is 7.11 Å². The maximum absolute atomic E-state index is 12.2. The first-order valence-corrected chi connectivity index (χ1v) is 8.32. The van der Waals surface area contributed by atoms with E-state index in [4.69, 9.17) is 55.9 Å². The van der Waals surface area contributed by atoms with Gasteiger partial charge < -0.3 is 9.47 Å². The van der Waals surface area contributed by atoms with Crippen LogP contribution in [0.4, 0.5) is 0 Å². The number of halogens is 4. The zero-order valence-corrected chi connectivity index (χ0v) is 16.1. The molecule has 0 bridgehead atoms. The number of ketones is 1. The molecule has 0 aliphatic heterocycles. The van der Waals surface area contributed by atoms with Crippen molar-refractivity contribution in [2.24, 2.45) is 0 Å². The number of hydrogen-bond donors (Lipinski definition) is 0. The Morgan fingerprint density at radius 2 is 1.76 bits per heavy atom. The number of benzene rings is 1. The smallest absolute Gasteiger partial charge is 0.358 e. The summed E-state index contributed by atoms with van der Waals surface area (Å²) in [5, 5.41) is -0.475. The third-order valence-corrected chi connectivity index (χ3v) is 4.90. The van der Waals surface area contributed by atoms with Crippen LogP contribution in [0, 0.1) is 0 Å². The lowest BCUT2D eigenvalue weighted by atomic mass is 10.1. The van der Waals surface area contributed by atoms with Crippen molar-refractivity contribution in [3.05, 3.63) is 55.2 Å². The molecule has 0 N–H and O–H groups in total. The Hall–Kier alpha value is -1.53. The molecule has 1 heterocycles. The highest BCUT2D eigenvalue weighted by Gasteiger charge is 2.22. The van der Waals surface area contributed by atoms with E-state index in [-0.39, 0.29) is 38.3 Å². The van der Waals surface area contributed by atoms with Crippen molar-refractivity contribution in [3.8, 4) is 5.75 Å². The van der Waals surface area contributed by atoms with Crippen molar-refractivity contribution in [2.45, 2.75) is 13.5 Å². The van der Waals surface area contributed by atoms with Gasteiger partial charge in [-0.3, -0.25) is 4.79 Å². The summed E-state index contributed by atoms with van der Waals surface area (Å²) in [5.74, 6) is -0.513. The first-order valence-electron chi connectivity index (χ1n) is 6.81. The third kappa shape index (κ3) is 4.36. The molecule has 25 heavy (non-hydrogen) atoms. The van der Waals surface area contributed by atoms with Gasteiger partial charge in [-0.1, -0.05) is 46.4 Å². The summed E-state index contributed by atoms with van der Waals surface area (Å²) in [5.41, 5.74) is 0.703. The standard InChI is InChI=1S/C16H11Cl4NO4/c1-7(22)8-3-4-10(24-2)9(5-8)6-25-16(23)14-12(18)11(17)13(19)15(20)21-14/h3-5H,6H2,1-2H3. The average molecular weight is 423 g/mol. The van der Waals surface area contributed by atoms with E-state index in [1.807, 2.05) is 0 Å². The predicted octanol–water partition coefficient (Wildman–Crippen LogP) is 5.26. The fourth-order valence-electron chi connectivity index (χ4n) is 1.94. The Kier molecular flexibility index (Phi) is 6.52. The van der Waals surface area contributed by atoms with E-state index >= 15 is 0 Å².